The van der Waals surface area contributed by atoms with Crippen LogP contribution in [0, 0.1) is 5.92 Å². The quantitative estimate of drug-likeness (QED) is 0.752. The van der Waals surface area contributed by atoms with Crippen molar-refractivity contribution >= 4 is 5.91 Å². The molecule has 0 unspecified atom stereocenters. The molecule has 0 saturated carbocycles. The summed E-state index contributed by atoms with van der Waals surface area (Å²) < 4.78 is 12.0. The summed E-state index contributed by atoms with van der Waals surface area (Å²) in [5.41, 5.74) is 1.90. The van der Waals surface area contributed by atoms with E-state index in [0.717, 1.165) is 43.5 Å². The van der Waals surface area contributed by atoms with Crippen LogP contribution >= 0.6 is 0 Å². The first-order valence-electron chi connectivity index (χ1n) is 11.8. The number of amides is 1. The number of likely N-dealkylation sites (tertiary alicyclic amines) is 2. The van der Waals surface area contributed by atoms with Gasteiger partial charge in [0.25, 0.3) is 5.91 Å². The molecule has 0 radical (unpaired) electrons. The summed E-state index contributed by atoms with van der Waals surface area (Å²) in [4.78, 5) is 17.7. The molecule has 0 bridgehead atoms. The molecular formula is C25H36N2O4. The molecule has 1 amide bonds. The summed E-state index contributed by atoms with van der Waals surface area (Å²) in [6.45, 7) is 6.60. The number of nitrogens with zero attached hydrogens (tertiary/aromatic N) is 2. The van der Waals surface area contributed by atoms with Gasteiger partial charge in [-0.3, -0.25) is 4.79 Å². The lowest BCUT2D eigenvalue weighted by Crippen LogP contribution is -2.49. The molecule has 1 aromatic rings. The Bertz CT molecular complexity index is 749. The maximum Gasteiger partial charge on any atom is 0.288 e. The summed E-state index contributed by atoms with van der Waals surface area (Å²) in [6.07, 6.45) is 8.36. The Kier molecular flexibility index (Phi) is 7.64. The van der Waals surface area contributed by atoms with E-state index in [0.29, 0.717) is 18.4 Å². The highest BCUT2D eigenvalue weighted by atomic mass is 16.7. The van der Waals surface area contributed by atoms with E-state index in [1.54, 1.807) is 0 Å². The van der Waals surface area contributed by atoms with Crippen LogP contribution < -0.4 is 0 Å². The highest BCUT2D eigenvalue weighted by molar-refractivity contribution is 5.91. The number of ether oxygens (including phenoxy) is 2. The fraction of sp³-hybridized carbons (Fsp3) is 0.640. The molecule has 1 N–H and O–H groups in total. The molecule has 0 aliphatic carbocycles. The van der Waals surface area contributed by atoms with Crippen molar-refractivity contribution in [2.45, 2.75) is 71.0 Å². The van der Waals surface area contributed by atoms with Gasteiger partial charge in [0.1, 0.15) is 0 Å². The predicted octanol–water partition coefficient (Wildman–Crippen LogP) is 3.44. The van der Waals surface area contributed by atoms with Gasteiger partial charge in [-0.25, -0.2) is 0 Å². The maximum atomic E-state index is 13.1. The average Bonchev–Trinajstić information content (AvgIpc) is 2.83. The number of benzene rings is 1. The first-order chi connectivity index (χ1) is 15.1. The minimum absolute atomic E-state index is 0.00421. The molecule has 2 saturated heterocycles. The molecule has 2 fully saturated rings. The second-order valence-electron chi connectivity index (χ2n) is 9.20. The third-order valence-electron chi connectivity index (χ3n) is 6.77. The molecule has 2 atom stereocenters. The summed E-state index contributed by atoms with van der Waals surface area (Å²) in [6, 6.07) is 8.31. The van der Waals surface area contributed by atoms with Gasteiger partial charge in [-0.2, -0.15) is 0 Å². The predicted molar refractivity (Wildman–Crippen MR) is 119 cm³/mol. The fourth-order valence-corrected chi connectivity index (χ4v) is 4.89. The number of rotatable bonds is 6. The lowest BCUT2D eigenvalue weighted by Gasteiger charge is -2.40. The number of hydrogen-bond donors (Lipinski definition) is 1. The van der Waals surface area contributed by atoms with Crippen LogP contribution in [0.2, 0.25) is 0 Å². The molecule has 1 aromatic carbocycles. The largest absolute Gasteiger partial charge is 0.459 e. The minimum Gasteiger partial charge on any atom is -0.459 e. The Labute approximate surface area is 185 Å². The van der Waals surface area contributed by atoms with E-state index in [4.69, 9.17) is 14.6 Å². The van der Waals surface area contributed by atoms with Gasteiger partial charge in [0.05, 0.1) is 13.2 Å². The van der Waals surface area contributed by atoms with Gasteiger partial charge in [0.2, 0.25) is 6.29 Å². The van der Waals surface area contributed by atoms with Crippen molar-refractivity contribution in [1.82, 2.24) is 9.80 Å². The van der Waals surface area contributed by atoms with E-state index < -0.39 is 6.29 Å². The van der Waals surface area contributed by atoms with Gasteiger partial charge in [0.15, 0.2) is 5.76 Å². The molecule has 0 spiro atoms. The lowest BCUT2D eigenvalue weighted by molar-refractivity contribution is -0.158. The van der Waals surface area contributed by atoms with Crippen LogP contribution in [0.25, 0.3) is 0 Å². The first kappa shape index (κ1) is 22.3. The Morgan fingerprint density at radius 2 is 1.74 bits per heavy atom. The van der Waals surface area contributed by atoms with Crippen molar-refractivity contribution in [1.29, 1.82) is 0 Å². The molecule has 6 heteroatoms. The Morgan fingerprint density at radius 1 is 1.06 bits per heavy atom. The summed E-state index contributed by atoms with van der Waals surface area (Å²) in [5.74, 6) is 0.681. The third-order valence-corrected chi connectivity index (χ3v) is 6.77. The highest BCUT2D eigenvalue weighted by Crippen LogP contribution is 2.27. The smallest absolute Gasteiger partial charge is 0.288 e. The van der Waals surface area contributed by atoms with Gasteiger partial charge < -0.3 is 24.4 Å². The number of allylic oxidation sites excluding steroid dienone is 1. The molecule has 0 aromatic heterocycles. The molecule has 6 nitrogen and oxygen atoms in total. The number of aliphatic hydroxyl groups is 1. The van der Waals surface area contributed by atoms with E-state index in [2.05, 4.69) is 11.8 Å². The zero-order chi connectivity index (χ0) is 21.6. The lowest BCUT2D eigenvalue weighted by atomic mass is 9.99. The molecule has 170 valence electrons. The van der Waals surface area contributed by atoms with E-state index in [1.807, 2.05) is 35.2 Å². The van der Waals surface area contributed by atoms with Crippen LogP contribution in [0.5, 0.6) is 0 Å². The topological polar surface area (TPSA) is 62.2 Å². The van der Waals surface area contributed by atoms with E-state index in [-0.39, 0.29) is 18.4 Å². The van der Waals surface area contributed by atoms with Crippen molar-refractivity contribution in [2.75, 3.05) is 26.2 Å². The van der Waals surface area contributed by atoms with Gasteiger partial charge in [-0.05, 0) is 61.9 Å². The number of carbonyl (C=O) groups is 1. The molecule has 31 heavy (non-hydrogen) atoms. The molecule has 3 aliphatic rings. The second-order valence-corrected chi connectivity index (χ2v) is 9.20. The third kappa shape index (κ3) is 5.88. The number of hydrogen-bond acceptors (Lipinski definition) is 5. The first-order valence-corrected chi connectivity index (χ1v) is 11.8. The van der Waals surface area contributed by atoms with Crippen molar-refractivity contribution < 1.29 is 19.4 Å². The fourth-order valence-electron chi connectivity index (χ4n) is 4.89. The van der Waals surface area contributed by atoms with Crippen LogP contribution in [-0.2, 0) is 27.5 Å². The SMILES string of the molecule is C[C@H]1C=C(C(=O)N2CCC(N3CCCCC3)CC2)O[C@@H](OCc2ccc(CO)cc2)C1. The number of aliphatic hydroxyl groups excluding tert-OH is 1. The maximum absolute atomic E-state index is 13.1. The zero-order valence-electron chi connectivity index (χ0n) is 18.7. The van der Waals surface area contributed by atoms with E-state index in [9.17, 15) is 4.79 Å². The monoisotopic (exact) mass is 428 g/mol. The Morgan fingerprint density at radius 3 is 2.42 bits per heavy atom. The summed E-state index contributed by atoms with van der Waals surface area (Å²) >= 11 is 0. The van der Waals surface area contributed by atoms with Crippen molar-refractivity contribution in [3.8, 4) is 0 Å². The molecule has 3 heterocycles. The van der Waals surface area contributed by atoms with Crippen LogP contribution in [0.4, 0.5) is 0 Å². The van der Waals surface area contributed by atoms with Crippen LogP contribution in [0.15, 0.2) is 36.1 Å². The summed E-state index contributed by atoms with van der Waals surface area (Å²) in [5, 5.41) is 9.17. The van der Waals surface area contributed by atoms with Gasteiger partial charge >= 0.3 is 0 Å². The molecular weight excluding hydrogens is 392 g/mol. The van der Waals surface area contributed by atoms with Crippen LogP contribution in [0.3, 0.4) is 0 Å². The molecule has 4 rings (SSSR count). The summed E-state index contributed by atoms with van der Waals surface area (Å²) in [7, 11) is 0. The average molecular weight is 429 g/mol. The zero-order valence-corrected chi connectivity index (χ0v) is 18.7. The Hall–Kier alpha value is -1.89. The van der Waals surface area contributed by atoms with Crippen molar-refractivity contribution in [3.05, 3.63) is 47.2 Å². The van der Waals surface area contributed by atoms with E-state index in [1.165, 1.54) is 32.4 Å². The second kappa shape index (κ2) is 10.6. The van der Waals surface area contributed by atoms with Gasteiger partial charge in [-0.15, -0.1) is 0 Å². The standard InChI is InChI=1S/C25H36N2O4/c1-19-15-23(31-24(16-19)30-18-21-7-5-20(17-28)6-8-21)25(29)27-13-9-22(10-14-27)26-11-3-2-4-12-26/h5-8,15,19,22,24,28H,2-4,9-14,16-18H2,1H3/t19-,24+/m0/s1. The van der Waals surface area contributed by atoms with Crippen molar-refractivity contribution in [2.24, 2.45) is 5.92 Å². The van der Waals surface area contributed by atoms with Crippen molar-refractivity contribution in [3.63, 3.8) is 0 Å². The van der Waals surface area contributed by atoms with Gasteiger partial charge in [-0.1, -0.05) is 37.6 Å². The minimum atomic E-state index is -0.414. The molecule has 3 aliphatic heterocycles. The highest BCUT2D eigenvalue weighted by Gasteiger charge is 2.32. The van der Waals surface area contributed by atoms with Crippen LogP contribution in [-0.4, -0.2) is 59.3 Å². The Balaban J connectivity index is 1.27. The number of piperidine rings is 2. The van der Waals surface area contributed by atoms with Gasteiger partial charge in [0, 0.05) is 25.6 Å². The van der Waals surface area contributed by atoms with E-state index >= 15 is 0 Å². The van der Waals surface area contributed by atoms with Crippen LogP contribution in [0.1, 0.15) is 56.6 Å². The number of carbonyl (C=O) groups excluding carboxylic acids is 1. The normalized spacial score (nSPS) is 25.7.